The molecule has 0 bridgehead atoms. The van der Waals surface area contributed by atoms with Crippen LogP contribution in [0.1, 0.15) is 69.6 Å². The lowest BCUT2D eigenvalue weighted by Crippen LogP contribution is -2.12. The summed E-state index contributed by atoms with van der Waals surface area (Å²) in [5, 5.41) is 3.68. The Kier molecular flexibility index (Phi) is 6.19. The number of aryl methyl sites for hydroxylation is 1. The largest absolute Gasteiger partial charge is 0.381 e. The number of anilines is 1. The van der Waals surface area contributed by atoms with Gasteiger partial charge in [0.25, 0.3) is 0 Å². The molecule has 0 aromatic heterocycles. The van der Waals surface area contributed by atoms with Crippen LogP contribution in [-0.4, -0.2) is 6.54 Å². The van der Waals surface area contributed by atoms with Crippen molar-refractivity contribution in [2.45, 2.75) is 64.7 Å². The van der Waals surface area contributed by atoms with E-state index in [0.29, 0.717) is 5.41 Å². The van der Waals surface area contributed by atoms with Gasteiger partial charge in [-0.1, -0.05) is 81.7 Å². The van der Waals surface area contributed by atoms with Crippen molar-refractivity contribution >= 4 is 11.8 Å². The van der Waals surface area contributed by atoms with Crippen molar-refractivity contribution in [2.75, 3.05) is 11.9 Å². The second kappa shape index (κ2) is 8.58. The van der Waals surface area contributed by atoms with Gasteiger partial charge in [-0.3, -0.25) is 0 Å². The number of rotatable bonds is 8. The van der Waals surface area contributed by atoms with Crippen LogP contribution in [0.25, 0.3) is 6.08 Å². The summed E-state index contributed by atoms with van der Waals surface area (Å²) in [5.41, 5.74) is 7.45. The Bertz CT molecular complexity index is 740. The lowest BCUT2D eigenvalue weighted by molar-refractivity contribution is 0.522. The number of nitrogens with one attached hydrogen (secondary N) is 1. The van der Waals surface area contributed by atoms with Gasteiger partial charge in [0.2, 0.25) is 0 Å². The Morgan fingerprint density at radius 1 is 1.08 bits per heavy atom. The maximum Gasteiger partial charge on any atom is 0.0363 e. The second-order valence-corrected chi connectivity index (χ2v) is 8.28. The van der Waals surface area contributed by atoms with Gasteiger partial charge in [-0.05, 0) is 59.9 Å². The Hall–Kier alpha value is -2.02. The zero-order chi connectivity index (χ0) is 18.4. The Morgan fingerprint density at radius 3 is 2.65 bits per heavy atom. The minimum Gasteiger partial charge on any atom is -0.381 e. The quantitative estimate of drug-likeness (QED) is 0.508. The van der Waals surface area contributed by atoms with Crippen molar-refractivity contribution in [3.8, 4) is 0 Å². The molecular weight excluding hydrogens is 314 g/mol. The fourth-order valence-electron chi connectivity index (χ4n) is 3.97. The summed E-state index contributed by atoms with van der Waals surface area (Å²) in [6.07, 6.45) is 9.86. The number of hydrogen-bond acceptors (Lipinski definition) is 1. The van der Waals surface area contributed by atoms with E-state index in [1.807, 2.05) is 0 Å². The van der Waals surface area contributed by atoms with E-state index in [1.165, 1.54) is 66.5 Å². The molecule has 2 aromatic rings. The Labute approximate surface area is 159 Å². The smallest absolute Gasteiger partial charge is 0.0363 e. The van der Waals surface area contributed by atoms with E-state index in [1.54, 1.807) is 0 Å². The third-order valence-electron chi connectivity index (χ3n) is 5.65. The highest BCUT2D eigenvalue weighted by Crippen LogP contribution is 2.39. The minimum absolute atomic E-state index is 0.340. The molecular formula is C25H33N. The normalized spacial score (nSPS) is 15.7. The summed E-state index contributed by atoms with van der Waals surface area (Å²) in [6, 6.07) is 17.7. The summed E-state index contributed by atoms with van der Waals surface area (Å²) in [7, 11) is 0. The summed E-state index contributed by atoms with van der Waals surface area (Å²) in [5.74, 6) is 0. The molecule has 0 unspecified atom stereocenters. The standard InChI is InChI=1S/C25H33N/c1-4-5-7-12-21(17-20-10-8-6-9-11-20)19-26-23-13-14-24-22(18-23)15-16-25(24,2)3/h6,8-11,13-14,17-18,26H,4-5,7,12,15-16,19H2,1-3H3/b21-17+. The highest BCUT2D eigenvalue weighted by atomic mass is 14.9. The molecule has 26 heavy (non-hydrogen) atoms. The fourth-order valence-corrected chi connectivity index (χ4v) is 3.97. The first kappa shape index (κ1) is 18.8. The summed E-state index contributed by atoms with van der Waals surface area (Å²) < 4.78 is 0. The van der Waals surface area contributed by atoms with E-state index >= 15 is 0 Å². The molecule has 3 rings (SSSR count). The van der Waals surface area contributed by atoms with E-state index in [9.17, 15) is 0 Å². The van der Waals surface area contributed by atoms with Gasteiger partial charge in [0.15, 0.2) is 0 Å². The molecule has 0 saturated heterocycles. The van der Waals surface area contributed by atoms with E-state index < -0.39 is 0 Å². The van der Waals surface area contributed by atoms with E-state index in [4.69, 9.17) is 0 Å². The summed E-state index contributed by atoms with van der Waals surface area (Å²) in [6.45, 7) is 7.92. The third kappa shape index (κ3) is 4.78. The van der Waals surface area contributed by atoms with Crippen molar-refractivity contribution < 1.29 is 0 Å². The Balaban J connectivity index is 1.69. The van der Waals surface area contributed by atoms with Crippen molar-refractivity contribution in [1.29, 1.82) is 0 Å². The van der Waals surface area contributed by atoms with Crippen molar-refractivity contribution in [3.05, 3.63) is 70.8 Å². The van der Waals surface area contributed by atoms with Gasteiger partial charge in [-0.25, -0.2) is 0 Å². The molecule has 0 saturated carbocycles. The van der Waals surface area contributed by atoms with Crippen LogP contribution in [-0.2, 0) is 11.8 Å². The molecule has 0 radical (unpaired) electrons. The molecule has 1 aliphatic rings. The molecule has 0 fully saturated rings. The third-order valence-corrected chi connectivity index (χ3v) is 5.65. The molecule has 0 atom stereocenters. The number of fused-ring (bicyclic) bond motifs is 1. The summed E-state index contributed by atoms with van der Waals surface area (Å²) in [4.78, 5) is 0. The predicted molar refractivity (Wildman–Crippen MR) is 115 cm³/mol. The first-order valence-corrected chi connectivity index (χ1v) is 10.2. The molecule has 0 amide bonds. The fraction of sp³-hybridized carbons (Fsp3) is 0.440. The van der Waals surface area contributed by atoms with Gasteiger partial charge in [0.05, 0.1) is 0 Å². The van der Waals surface area contributed by atoms with Crippen LogP contribution in [0.2, 0.25) is 0 Å². The molecule has 0 aliphatic heterocycles. The average Bonchev–Trinajstić information content (AvgIpc) is 2.95. The van der Waals surface area contributed by atoms with E-state index in [2.05, 4.69) is 80.7 Å². The Morgan fingerprint density at radius 2 is 1.88 bits per heavy atom. The van der Waals surface area contributed by atoms with Gasteiger partial charge in [-0.2, -0.15) is 0 Å². The van der Waals surface area contributed by atoms with Crippen LogP contribution in [0.15, 0.2) is 54.1 Å². The highest BCUT2D eigenvalue weighted by Gasteiger charge is 2.29. The van der Waals surface area contributed by atoms with E-state index in [-0.39, 0.29) is 0 Å². The van der Waals surface area contributed by atoms with Gasteiger partial charge >= 0.3 is 0 Å². The molecule has 1 N–H and O–H groups in total. The lowest BCUT2D eigenvalue weighted by atomic mass is 9.86. The zero-order valence-corrected chi connectivity index (χ0v) is 16.6. The van der Waals surface area contributed by atoms with Gasteiger partial charge < -0.3 is 5.32 Å². The molecule has 1 heteroatoms. The highest BCUT2D eigenvalue weighted by molar-refractivity contribution is 5.56. The molecule has 2 aromatic carbocycles. The molecule has 1 aliphatic carbocycles. The number of unbranched alkanes of at least 4 members (excludes halogenated alkanes) is 2. The van der Waals surface area contributed by atoms with Crippen LogP contribution in [0.3, 0.4) is 0 Å². The van der Waals surface area contributed by atoms with E-state index in [0.717, 1.165) is 6.54 Å². The lowest BCUT2D eigenvalue weighted by Gasteiger charge is -2.19. The second-order valence-electron chi connectivity index (χ2n) is 8.28. The maximum atomic E-state index is 3.68. The van der Waals surface area contributed by atoms with Crippen molar-refractivity contribution in [3.63, 3.8) is 0 Å². The zero-order valence-electron chi connectivity index (χ0n) is 16.6. The van der Waals surface area contributed by atoms with Crippen molar-refractivity contribution in [2.24, 2.45) is 0 Å². The minimum atomic E-state index is 0.340. The first-order chi connectivity index (χ1) is 12.6. The summed E-state index contributed by atoms with van der Waals surface area (Å²) >= 11 is 0. The molecule has 138 valence electrons. The maximum absolute atomic E-state index is 3.68. The van der Waals surface area contributed by atoms with Gasteiger partial charge in [0.1, 0.15) is 0 Å². The first-order valence-electron chi connectivity index (χ1n) is 10.2. The SMILES string of the molecule is CCCCC/C(=C\c1ccccc1)CNc1ccc2c(c1)CCC2(C)C. The predicted octanol–water partition coefficient (Wildman–Crippen LogP) is 6.99. The van der Waals surface area contributed by atoms with Gasteiger partial charge in [-0.15, -0.1) is 0 Å². The topological polar surface area (TPSA) is 12.0 Å². The van der Waals surface area contributed by atoms with Gasteiger partial charge in [0, 0.05) is 12.2 Å². The molecule has 0 spiro atoms. The number of benzene rings is 2. The van der Waals surface area contributed by atoms with Crippen LogP contribution in [0, 0.1) is 0 Å². The average molecular weight is 348 g/mol. The van der Waals surface area contributed by atoms with Crippen LogP contribution >= 0.6 is 0 Å². The molecule has 1 nitrogen and oxygen atoms in total. The van der Waals surface area contributed by atoms with Crippen LogP contribution in [0.4, 0.5) is 5.69 Å². The number of hydrogen-bond donors (Lipinski definition) is 1. The van der Waals surface area contributed by atoms with Crippen LogP contribution < -0.4 is 5.32 Å². The molecule has 0 heterocycles. The monoisotopic (exact) mass is 347 g/mol. The van der Waals surface area contributed by atoms with Crippen molar-refractivity contribution in [1.82, 2.24) is 0 Å². The van der Waals surface area contributed by atoms with Crippen LogP contribution in [0.5, 0.6) is 0 Å².